The third kappa shape index (κ3) is 2.69. The quantitative estimate of drug-likeness (QED) is 0.697. The Hall–Kier alpha value is -0.610. The number of hydrogen-bond acceptors (Lipinski definition) is 3. The van der Waals surface area contributed by atoms with Crippen LogP contribution in [0.5, 0.6) is 0 Å². The van der Waals surface area contributed by atoms with E-state index < -0.39 is 0 Å². The molecule has 86 valence electrons. The Morgan fingerprint density at radius 1 is 1.40 bits per heavy atom. The molecule has 2 saturated heterocycles. The van der Waals surface area contributed by atoms with E-state index in [0.29, 0.717) is 6.04 Å². The molecule has 0 aromatic rings. The Labute approximate surface area is 90.8 Å². The minimum atomic E-state index is -0.0124. The van der Waals surface area contributed by atoms with Gasteiger partial charge in [-0.05, 0) is 32.6 Å². The Kier molecular flexibility index (Phi) is 3.59. The van der Waals surface area contributed by atoms with E-state index in [1.165, 1.54) is 0 Å². The fourth-order valence-corrected chi connectivity index (χ4v) is 2.31. The van der Waals surface area contributed by atoms with Gasteiger partial charge in [0.25, 0.3) is 0 Å². The van der Waals surface area contributed by atoms with Crippen LogP contribution < -0.4 is 10.6 Å². The van der Waals surface area contributed by atoms with Gasteiger partial charge in [-0.2, -0.15) is 0 Å². The molecule has 0 saturated carbocycles. The molecule has 0 spiro atoms. The molecule has 2 aliphatic heterocycles. The highest BCUT2D eigenvalue weighted by Crippen LogP contribution is 2.15. The highest BCUT2D eigenvalue weighted by atomic mass is 16.5. The lowest BCUT2D eigenvalue weighted by molar-refractivity contribution is -0.123. The fraction of sp³-hybridized carbons (Fsp3) is 0.909. The minimum absolute atomic E-state index is 0.0124. The van der Waals surface area contributed by atoms with Crippen LogP contribution >= 0.6 is 0 Å². The van der Waals surface area contributed by atoms with E-state index in [2.05, 4.69) is 17.6 Å². The molecule has 2 N–H and O–H groups in total. The number of hydrogen-bond donors (Lipinski definition) is 2. The number of nitrogens with one attached hydrogen (secondary N) is 2. The largest absolute Gasteiger partial charge is 0.377 e. The summed E-state index contributed by atoms with van der Waals surface area (Å²) in [6.45, 7) is 3.71. The van der Waals surface area contributed by atoms with Gasteiger partial charge in [-0.15, -0.1) is 0 Å². The lowest BCUT2D eigenvalue weighted by atomic mass is 10.1. The van der Waals surface area contributed by atoms with E-state index in [1.54, 1.807) is 0 Å². The van der Waals surface area contributed by atoms with Crippen molar-refractivity contribution >= 4 is 5.91 Å². The van der Waals surface area contributed by atoms with E-state index in [0.717, 1.165) is 38.8 Å². The van der Waals surface area contributed by atoms with Crippen LogP contribution in [0.15, 0.2) is 0 Å². The number of rotatable bonds is 2. The van der Waals surface area contributed by atoms with Gasteiger partial charge in [0.15, 0.2) is 0 Å². The molecule has 3 unspecified atom stereocenters. The van der Waals surface area contributed by atoms with Crippen LogP contribution in [0.3, 0.4) is 0 Å². The second-order valence-electron chi connectivity index (χ2n) is 4.48. The summed E-state index contributed by atoms with van der Waals surface area (Å²) in [6, 6.07) is 0.334. The molecule has 0 aromatic carbocycles. The maximum atomic E-state index is 11.7. The van der Waals surface area contributed by atoms with Crippen molar-refractivity contribution in [2.75, 3.05) is 13.2 Å². The zero-order chi connectivity index (χ0) is 10.7. The van der Waals surface area contributed by atoms with Crippen molar-refractivity contribution in [1.29, 1.82) is 0 Å². The van der Waals surface area contributed by atoms with Crippen LogP contribution in [0.1, 0.15) is 32.6 Å². The Bertz CT molecular complexity index is 233. The number of ether oxygens (including phenoxy) is 1. The monoisotopic (exact) mass is 212 g/mol. The van der Waals surface area contributed by atoms with Crippen LogP contribution in [0, 0.1) is 0 Å². The van der Waals surface area contributed by atoms with Crippen molar-refractivity contribution in [2.45, 2.75) is 50.8 Å². The number of carbonyl (C=O) groups excluding carboxylic acids is 1. The molecule has 1 amide bonds. The minimum Gasteiger partial charge on any atom is -0.377 e. The van der Waals surface area contributed by atoms with Crippen molar-refractivity contribution in [3.8, 4) is 0 Å². The smallest absolute Gasteiger partial charge is 0.237 e. The first kappa shape index (κ1) is 10.9. The fourth-order valence-electron chi connectivity index (χ4n) is 2.31. The van der Waals surface area contributed by atoms with Gasteiger partial charge in [0.2, 0.25) is 5.91 Å². The zero-order valence-corrected chi connectivity index (χ0v) is 9.29. The normalized spacial score (nSPS) is 37.4. The van der Waals surface area contributed by atoms with E-state index in [-0.39, 0.29) is 18.1 Å². The van der Waals surface area contributed by atoms with E-state index in [1.807, 2.05) is 0 Å². The molecule has 4 nitrogen and oxygen atoms in total. The Morgan fingerprint density at radius 2 is 2.27 bits per heavy atom. The molecule has 2 heterocycles. The zero-order valence-electron chi connectivity index (χ0n) is 9.29. The summed E-state index contributed by atoms with van der Waals surface area (Å²) < 4.78 is 5.48. The summed E-state index contributed by atoms with van der Waals surface area (Å²) in [6.07, 6.45) is 4.43. The van der Waals surface area contributed by atoms with E-state index in [4.69, 9.17) is 4.74 Å². The molecule has 3 atom stereocenters. The maximum absolute atomic E-state index is 11.7. The Morgan fingerprint density at radius 3 is 3.00 bits per heavy atom. The maximum Gasteiger partial charge on any atom is 0.237 e. The van der Waals surface area contributed by atoms with Crippen LogP contribution in [0.25, 0.3) is 0 Å². The predicted octanol–water partition coefficient (Wildman–Crippen LogP) is 0.422. The van der Waals surface area contributed by atoms with Gasteiger partial charge in [-0.1, -0.05) is 0 Å². The molecular formula is C11H20N2O2. The predicted molar refractivity (Wildman–Crippen MR) is 57.6 cm³/mol. The summed E-state index contributed by atoms with van der Waals surface area (Å²) in [5.74, 6) is 0.159. The SMILES string of the molecule is CC1OCCC1NC1CCCCNC1=O. The molecule has 4 heteroatoms. The molecule has 2 rings (SSSR count). The topological polar surface area (TPSA) is 50.4 Å². The molecule has 0 radical (unpaired) electrons. The van der Waals surface area contributed by atoms with Gasteiger partial charge >= 0.3 is 0 Å². The summed E-state index contributed by atoms with van der Waals surface area (Å²) >= 11 is 0. The van der Waals surface area contributed by atoms with E-state index in [9.17, 15) is 4.79 Å². The van der Waals surface area contributed by atoms with E-state index >= 15 is 0 Å². The van der Waals surface area contributed by atoms with Gasteiger partial charge in [-0.25, -0.2) is 0 Å². The third-order valence-corrected chi connectivity index (χ3v) is 3.33. The van der Waals surface area contributed by atoms with Gasteiger partial charge in [0.1, 0.15) is 0 Å². The molecule has 0 aromatic heterocycles. The van der Waals surface area contributed by atoms with Crippen molar-refractivity contribution in [3.05, 3.63) is 0 Å². The lowest BCUT2D eigenvalue weighted by Crippen LogP contribution is -2.49. The molecular weight excluding hydrogens is 192 g/mol. The van der Waals surface area contributed by atoms with Gasteiger partial charge in [-0.3, -0.25) is 4.79 Å². The first-order chi connectivity index (χ1) is 7.27. The molecule has 0 bridgehead atoms. The highest BCUT2D eigenvalue weighted by Gasteiger charge is 2.29. The third-order valence-electron chi connectivity index (χ3n) is 3.33. The second kappa shape index (κ2) is 4.94. The van der Waals surface area contributed by atoms with Crippen molar-refractivity contribution in [1.82, 2.24) is 10.6 Å². The van der Waals surface area contributed by atoms with Crippen molar-refractivity contribution in [3.63, 3.8) is 0 Å². The highest BCUT2D eigenvalue weighted by molar-refractivity contribution is 5.81. The summed E-state index contributed by atoms with van der Waals surface area (Å²) in [5.41, 5.74) is 0. The van der Waals surface area contributed by atoms with Crippen LogP contribution in [-0.4, -0.2) is 37.2 Å². The molecule has 15 heavy (non-hydrogen) atoms. The molecule has 0 aliphatic carbocycles. The Balaban J connectivity index is 1.88. The summed E-state index contributed by atoms with van der Waals surface area (Å²) in [5, 5.41) is 6.36. The van der Waals surface area contributed by atoms with Gasteiger partial charge in [0.05, 0.1) is 12.1 Å². The van der Waals surface area contributed by atoms with Crippen molar-refractivity contribution < 1.29 is 9.53 Å². The first-order valence-corrected chi connectivity index (χ1v) is 5.93. The van der Waals surface area contributed by atoms with Gasteiger partial charge < -0.3 is 15.4 Å². The average Bonchev–Trinajstić information content (AvgIpc) is 2.50. The first-order valence-electron chi connectivity index (χ1n) is 5.93. The second-order valence-corrected chi connectivity index (χ2v) is 4.48. The van der Waals surface area contributed by atoms with Crippen LogP contribution in [0.2, 0.25) is 0 Å². The van der Waals surface area contributed by atoms with Crippen LogP contribution in [-0.2, 0) is 9.53 Å². The summed E-state index contributed by atoms with van der Waals surface area (Å²) in [7, 11) is 0. The molecule has 2 fully saturated rings. The molecule has 2 aliphatic rings. The number of carbonyl (C=O) groups is 1. The average molecular weight is 212 g/mol. The van der Waals surface area contributed by atoms with Crippen molar-refractivity contribution in [2.24, 2.45) is 0 Å². The summed E-state index contributed by atoms with van der Waals surface area (Å²) in [4.78, 5) is 11.7. The standard InChI is InChI=1S/C11H20N2O2/c1-8-9(5-7-15-8)13-10-4-2-3-6-12-11(10)14/h8-10,13H,2-7H2,1H3,(H,12,14). The van der Waals surface area contributed by atoms with Crippen LogP contribution in [0.4, 0.5) is 0 Å². The lowest BCUT2D eigenvalue weighted by Gasteiger charge is -2.22. The van der Waals surface area contributed by atoms with Gasteiger partial charge in [0, 0.05) is 19.2 Å². The number of amides is 1.